The minimum Gasteiger partial charge on any atom is -0.468 e. The van der Waals surface area contributed by atoms with Crippen LogP contribution in [0.3, 0.4) is 0 Å². The first kappa shape index (κ1) is 15.8. The first-order valence-electron chi connectivity index (χ1n) is 7.65. The van der Waals surface area contributed by atoms with Gasteiger partial charge in [-0.25, -0.2) is 0 Å². The molecule has 0 fully saturated rings. The molecule has 0 aliphatic heterocycles. The molecule has 0 atom stereocenters. The van der Waals surface area contributed by atoms with E-state index in [1.54, 1.807) is 17.6 Å². The zero-order valence-electron chi connectivity index (χ0n) is 13.3. The van der Waals surface area contributed by atoms with Crippen LogP contribution in [0.15, 0.2) is 59.2 Å². The van der Waals surface area contributed by atoms with Crippen LogP contribution in [0.2, 0.25) is 0 Å². The lowest BCUT2D eigenvalue weighted by Gasteiger charge is -2.20. The summed E-state index contributed by atoms with van der Waals surface area (Å²) in [4.78, 5) is 3.74. The lowest BCUT2D eigenvalue weighted by atomic mass is 10.2. The number of aryl methyl sites for hydroxylation is 1. The number of allylic oxidation sites excluding steroid dienone is 1. The van der Waals surface area contributed by atoms with Crippen molar-refractivity contribution in [3.05, 3.63) is 76.7 Å². The van der Waals surface area contributed by atoms with Gasteiger partial charge in [0.15, 0.2) is 0 Å². The van der Waals surface area contributed by atoms with E-state index in [1.165, 1.54) is 10.4 Å². The normalized spacial score (nSPS) is 11.2. The molecule has 120 valence electrons. The van der Waals surface area contributed by atoms with Crippen molar-refractivity contribution in [1.29, 1.82) is 0 Å². The fraction of sp³-hybridized carbons (Fsp3) is 0.278. The third-order valence-electron chi connectivity index (χ3n) is 3.68. The van der Waals surface area contributed by atoms with Crippen LogP contribution in [0.1, 0.15) is 21.9 Å². The topological polar surface area (TPSA) is 34.2 Å². The summed E-state index contributed by atoms with van der Waals surface area (Å²) in [6.45, 7) is 9.12. The summed E-state index contributed by atoms with van der Waals surface area (Å²) in [6.07, 6.45) is 5.70. The Hall–Kier alpha value is -2.11. The van der Waals surface area contributed by atoms with E-state index in [4.69, 9.17) is 4.42 Å². The van der Waals surface area contributed by atoms with Crippen molar-refractivity contribution in [2.24, 2.45) is 0 Å². The monoisotopic (exact) mass is 327 g/mol. The minimum absolute atomic E-state index is 0.740. The molecule has 0 aliphatic carbocycles. The second-order valence-electron chi connectivity index (χ2n) is 5.55. The molecule has 4 nitrogen and oxygen atoms in total. The summed E-state index contributed by atoms with van der Waals surface area (Å²) in [5, 5.41) is 6.66. The van der Waals surface area contributed by atoms with Gasteiger partial charge in [-0.15, -0.1) is 17.9 Å². The van der Waals surface area contributed by atoms with E-state index in [2.05, 4.69) is 47.2 Å². The molecule has 0 aromatic carbocycles. The molecule has 0 saturated heterocycles. The van der Waals surface area contributed by atoms with E-state index < -0.39 is 0 Å². The molecule has 0 bridgehead atoms. The molecular formula is C18H21N3OS. The van der Waals surface area contributed by atoms with Crippen LogP contribution in [-0.4, -0.2) is 14.7 Å². The summed E-state index contributed by atoms with van der Waals surface area (Å²) >= 11 is 1.79. The average Bonchev–Trinajstić information content (AvgIpc) is 3.24. The Labute approximate surface area is 140 Å². The SMILES string of the molecule is C=CCn1cc(CN(Cc2ccco2)Cc2cccs2)c(C)n1. The predicted molar refractivity (Wildman–Crippen MR) is 93.1 cm³/mol. The number of nitrogens with zero attached hydrogens (tertiary/aromatic N) is 3. The number of rotatable bonds is 8. The van der Waals surface area contributed by atoms with Gasteiger partial charge in [0.1, 0.15) is 5.76 Å². The number of hydrogen-bond acceptors (Lipinski definition) is 4. The molecule has 0 amide bonds. The maximum Gasteiger partial charge on any atom is 0.117 e. The van der Waals surface area contributed by atoms with Crippen LogP contribution in [0.25, 0.3) is 0 Å². The standard InChI is InChI=1S/C18H21N3OS/c1-3-8-21-12-16(15(2)19-21)11-20(13-17-6-4-9-22-17)14-18-7-5-10-23-18/h3-7,9-10,12H,1,8,11,13-14H2,2H3. The summed E-state index contributed by atoms with van der Waals surface area (Å²) < 4.78 is 7.46. The largest absolute Gasteiger partial charge is 0.468 e. The predicted octanol–water partition coefficient (Wildman–Crippen LogP) is 4.23. The molecule has 3 heterocycles. The fourth-order valence-electron chi connectivity index (χ4n) is 2.59. The Bertz CT molecular complexity index is 692. The van der Waals surface area contributed by atoms with Crippen molar-refractivity contribution < 1.29 is 4.42 Å². The number of hydrogen-bond donors (Lipinski definition) is 0. The van der Waals surface area contributed by atoms with Gasteiger partial charge in [-0.3, -0.25) is 9.58 Å². The molecule has 0 radical (unpaired) electrons. The molecule has 0 N–H and O–H groups in total. The van der Waals surface area contributed by atoms with Gasteiger partial charge < -0.3 is 4.42 Å². The van der Waals surface area contributed by atoms with Gasteiger partial charge in [0, 0.05) is 29.7 Å². The molecule has 3 rings (SSSR count). The van der Waals surface area contributed by atoms with Crippen LogP contribution >= 0.6 is 11.3 Å². The molecule has 5 heteroatoms. The Balaban J connectivity index is 1.75. The Kier molecular flexibility index (Phi) is 5.10. The summed E-state index contributed by atoms with van der Waals surface area (Å²) in [6, 6.07) is 8.23. The molecule has 23 heavy (non-hydrogen) atoms. The lowest BCUT2D eigenvalue weighted by molar-refractivity contribution is 0.228. The summed E-state index contributed by atoms with van der Waals surface area (Å²) in [5.41, 5.74) is 2.32. The number of thiophene rings is 1. The van der Waals surface area contributed by atoms with Crippen molar-refractivity contribution in [2.75, 3.05) is 0 Å². The second kappa shape index (κ2) is 7.44. The van der Waals surface area contributed by atoms with Gasteiger partial charge >= 0.3 is 0 Å². The molecule has 0 unspecified atom stereocenters. The highest BCUT2D eigenvalue weighted by Gasteiger charge is 2.13. The van der Waals surface area contributed by atoms with E-state index >= 15 is 0 Å². The van der Waals surface area contributed by atoms with Gasteiger partial charge in [0.25, 0.3) is 0 Å². The first-order valence-corrected chi connectivity index (χ1v) is 8.53. The van der Waals surface area contributed by atoms with Crippen LogP contribution in [0, 0.1) is 6.92 Å². The first-order chi connectivity index (χ1) is 11.2. The van der Waals surface area contributed by atoms with Crippen molar-refractivity contribution in [2.45, 2.75) is 33.1 Å². The van der Waals surface area contributed by atoms with Gasteiger partial charge in [-0.2, -0.15) is 5.10 Å². The highest BCUT2D eigenvalue weighted by Crippen LogP contribution is 2.18. The maximum atomic E-state index is 5.52. The molecule has 3 aromatic rings. The van der Waals surface area contributed by atoms with E-state index in [9.17, 15) is 0 Å². The Morgan fingerprint density at radius 3 is 2.91 bits per heavy atom. The van der Waals surface area contributed by atoms with Crippen LogP contribution in [0.4, 0.5) is 0 Å². The lowest BCUT2D eigenvalue weighted by Crippen LogP contribution is -2.21. The van der Waals surface area contributed by atoms with Crippen molar-refractivity contribution in [3.8, 4) is 0 Å². The van der Waals surface area contributed by atoms with Gasteiger partial charge in [-0.05, 0) is 30.5 Å². The number of aromatic nitrogens is 2. The average molecular weight is 327 g/mol. The third kappa shape index (κ3) is 4.21. The summed E-state index contributed by atoms with van der Waals surface area (Å²) in [7, 11) is 0. The zero-order chi connectivity index (χ0) is 16.1. The molecule has 0 aliphatic rings. The summed E-state index contributed by atoms with van der Waals surface area (Å²) in [5.74, 6) is 0.984. The zero-order valence-corrected chi connectivity index (χ0v) is 14.1. The van der Waals surface area contributed by atoms with Gasteiger partial charge in [-0.1, -0.05) is 12.1 Å². The fourth-order valence-corrected chi connectivity index (χ4v) is 3.34. The second-order valence-corrected chi connectivity index (χ2v) is 6.59. The maximum absolute atomic E-state index is 5.52. The molecular weight excluding hydrogens is 306 g/mol. The smallest absolute Gasteiger partial charge is 0.117 e. The molecule has 0 saturated carbocycles. The van der Waals surface area contributed by atoms with E-state index in [-0.39, 0.29) is 0 Å². The number of furan rings is 1. The van der Waals surface area contributed by atoms with Crippen molar-refractivity contribution >= 4 is 11.3 Å². The third-order valence-corrected chi connectivity index (χ3v) is 4.54. The highest BCUT2D eigenvalue weighted by molar-refractivity contribution is 7.09. The quantitative estimate of drug-likeness (QED) is 0.581. The Morgan fingerprint density at radius 1 is 1.30 bits per heavy atom. The van der Waals surface area contributed by atoms with Crippen molar-refractivity contribution in [3.63, 3.8) is 0 Å². The van der Waals surface area contributed by atoms with E-state index in [0.717, 1.165) is 37.6 Å². The van der Waals surface area contributed by atoms with E-state index in [1.807, 2.05) is 22.9 Å². The van der Waals surface area contributed by atoms with Crippen molar-refractivity contribution in [1.82, 2.24) is 14.7 Å². The van der Waals surface area contributed by atoms with Gasteiger partial charge in [0.2, 0.25) is 0 Å². The minimum atomic E-state index is 0.740. The van der Waals surface area contributed by atoms with Crippen LogP contribution < -0.4 is 0 Å². The highest BCUT2D eigenvalue weighted by atomic mass is 32.1. The van der Waals surface area contributed by atoms with Crippen LogP contribution in [0.5, 0.6) is 0 Å². The van der Waals surface area contributed by atoms with E-state index in [0.29, 0.717) is 0 Å². The van der Waals surface area contributed by atoms with Crippen LogP contribution in [-0.2, 0) is 26.2 Å². The Morgan fingerprint density at radius 2 is 2.22 bits per heavy atom. The molecule has 3 aromatic heterocycles. The van der Waals surface area contributed by atoms with Gasteiger partial charge in [0.05, 0.1) is 25.0 Å². The molecule has 0 spiro atoms.